The number of ether oxygens (including phenoxy) is 2. The second kappa shape index (κ2) is 6.72. The van der Waals surface area contributed by atoms with Gasteiger partial charge in [0.1, 0.15) is 23.1 Å². The third-order valence-electron chi connectivity index (χ3n) is 2.65. The minimum Gasteiger partial charge on any atom is -0.497 e. The Balaban J connectivity index is 2.20. The molecule has 0 fully saturated rings. The first-order chi connectivity index (χ1) is 9.75. The minimum absolute atomic E-state index is 0.460. The molecular formula is C14H18N4O2. The van der Waals surface area contributed by atoms with Crippen LogP contribution in [0.4, 0.5) is 5.82 Å². The van der Waals surface area contributed by atoms with E-state index in [4.69, 9.17) is 15.3 Å². The summed E-state index contributed by atoms with van der Waals surface area (Å²) in [5.41, 5.74) is 2.52. The molecule has 6 heteroatoms. The van der Waals surface area contributed by atoms with Crippen molar-refractivity contribution in [1.82, 2.24) is 9.97 Å². The summed E-state index contributed by atoms with van der Waals surface area (Å²) >= 11 is 0. The summed E-state index contributed by atoms with van der Waals surface area (Å²) in [5, 5.41) is 0. The van der Waals surface area contributed by atoms with Crippen molar-refractivity contribution >= 4 is 5.82 Å². The highest BCUT2D eigenvalue weighted by molar-refractivity contribution is 5.39. The van der Waals surface area contributed by atoms with E-state index in [0.29, 0.717) is 23.3 Å². The molecule has 2 aromatic rings. The van der Waals surface area contributed by atoms with Gasteiger partial charge in [-0.25, -0.2) is 10.8 Å². The van der Waals surface area contributed by atoms with Crippen molar-refractivity contribution in [2.45, 2.75) is 19.8 Å². The Kier molecular flexibility index (Phi) is 4.73. The number of rotatable bonds is 6. The van der Waals surface area contributed by atoms with Crippen molar-refractivity contribution in [3.8, 4) is 17.4 Å². The topological polar surface area (TPSA) is 82.3 Å². The molecule has 1 aromatic carbocycles. The molecule has 1 heterocycles. The molecule has 0 spiro atoms. The molecule has 6 nitrogen and oxygen atoms in total. The zero-order valence-corrected chi connectivity index (χ0v) is 11.6. The zero-order valence-electron chi connectivity index (χ0n) is 11.6. The van der Waals surface area contributed by atoms with Crippen LogP contribution in [0.3, 0.4) is 0 Å². The maximum atomic E-state index is 5.71. The van der Waals surface area contributed by atoms with Gasteiger partial charge in [0.25, 0.3) is 0 Å². The average Bonchev–Trinajstić information content (AvgIpc) is 2.48. The number of nitrogen functional groups attached to an aromatic ring is 1. The van der Waals surface area contributed by atoms with Gasteiger partial charge >= 0.3 is 0 Å². The molecule has 0 aliphatic rings. The lowest BCUT2D eigenvalue weighted by atomic mass is 10.3. The van der Waals surface area contributed by atoms with Crippen molar-refractivity contribution in [3.05, 3.63) is 36.2 Å². The first-order valence-corrected chi connectivity index (χ1v) is 6.41. The summed E-state index contributed by atoms with van der Waals surface area (Å²) in [6, 6.07) is 8.94. The van der Waals surface area contributed by atoms with E-state index in [0.717, 1.165) is 18.6 Å². The van der Waals surface area contributed by atoms with Gasteiger partial charge in [0, 0.05) is 12.5 Å². The number of aromatic nitrogens is 2. The fourth-order valence-corrected chi connectivity index (χ4v) is 1.70. The van der Waals surface area contributed by atoms with Crippen LogP contribution in [0.25, 0.3) is 0 Å². The highest BCUT2D eigenvalue weighted by Crippen LogP contribution is 2.24. The van der Waals surface area contributed by atoms with Crippen molar-refractivity contribution in [1.29, 1.82) is 0 Å². The summed E-state index contributed by atoms with van der Waals surface area (Å²) in [7, 11) is 1.62. The van der Waals surface area contributed by atoms with Crippen LogP contribution >= 0.6 is 0 Å². The predicted octanol–water partition coefficient (Wildman–Crippen LogP) is 2.52. The SMILES string of the molecule is CCCc1nc(NN)cc(Oc2ccc(OC)cc2)n1. The quantitative estimate of drug-likeness (QED) is 0.622. The first-order valence-electron chi connectivity index (χ1n) is 6.41. The maximum Gasteiger partial charge on any atom is 0.224 e. The third-order valence-corrected chi connectivity index (χ3v) is 2.65. The third kappa shape index (κ3) is 3.58. The fraction of sp³-hybridized carbons (Fsp3) is 0.286. The van der Waals surface area contributed by atoms with Crippen molar-refractivity contribution < 1.29 is 9.47 Å². The van der Waals surface area contributed by atoms with Gasteiger partial charge in [-0.15, -0.1) is 0 Å². The van der Waals surface area contributed by atoms with Crippen LogP contribution in [0.1, 0.15) is 19.2 Å². The molecule has 0 aliphatic heterocycles. The summed E-state index contributed by atoms with van der Waals surface area (Å²) in [6.45, 7) is 2.07. The molecule has 2 rings (SSSR count). The molecule has 0 atom stereocenters. The number of hydrazine groups is 1. The van der Waals surface area contributed by atoms with Crippen LogP contribution < -0.4 is 20.7 Å². The largest absolute Gasteiger partial charge is 0.497 e. The monoisotopic (exact) mass is 274 g/mol. The molecule has 0 saturated carbocycles. The number of hydrogen-bond donors (Lipinski definition) is 2. The van der Waals surface area contributed by atoms with E-state index < -0.39 is 0 Å². The smallest absolute Gasteiger partial charge is 0.224 e. The van der Waals surface area contributed by atoms with E-state index >= 15 is 0 Å². The molecule has 0 radical (unpaired) electrons. The van der Waals surface area contributed by atoms with Crippen LogP contribution in [-0.4, -0.2) is 17.1 Å². The Morgan fingerprint density at radius 1 is 1.15 bits per heavy atom. The lowest BCUT2D eigenvalue weighted by molar-refractivity contribution is 0.412. The highest BCUT2D eigenvalue weighted by Gasteiger charge is 2.06. The molecule has 0 amide bonds. The molecule has 0 saturated heterocycles. The Morgan fingerprint density at radius 2 is 1.85 bits per heavy atom. The number of aryl methyl sites for hydroxylation is 1. The summed E-state index contributed by atoms with van der Waals surface area (Å²) in [4.78, 5) is 8.61. The number of hydrogen-bond acceptors (Lipinski definition) is 6. The van der Waals surface area contributed by atoms with Gasteiger partial charge in [-0.1, -0.05) is 6.92 Å². The average molecular weight is 274 g/mol. The second-order valence-electron chi connectivity index (χ2n) is 4.18. The Morgan fingerprint density at radius 3 is 2.45 bits per heavy atom. The summed E-state index contributed by atoms with van der Waals surface area (Å²) in [6.07, 6.45) is 1.73. The van der Waals surface area contributed by atoms with Crippen molar-refractivity contribution in [2.75, 3.05) is 12.5 Å². The molecule has 0 bridgehead atoms. The Bertz CT molecular complexity index is 558. The van der Waals surface area contributed by atoms with Gasteiger partial charge in [0.2, 0.25) is 5.88 Å². The predicted molar refractivity (Wildman–Crippen MR) is 76.9 cm³/mol. The molecule has 3 N–H and O–H groups in total. The van der Waals surface area contributed by atoms with Gasteiger partial charge in [-0.3, -0.25) is 0 Å². The van der Waals surface area contributed by atoms with Gasteiger partial charge < -0.3 is 14.9 Å². The number of nitrogens with two attached hydrogens (primary N) is 1. The number of nitrogens with one attached hydrogen (secondary N) is 1. The van der Waals surface area contributed by atoms with E-state index in [2.05, 4.69) is 22.3 Å². The lowest BCUT2D eigenvalue weighted by Crippen LogP contribution is -2.10. The second-order valence-corrected chi connectivity index (χ2v) is 4.18. The fourth-order valence-electron chi connectivity index (χ4n) is 1.70. The van der Waals surface area contributed by atoms with Crippen LogP contribution in [0.15, 0.2) is 30.3 Å². The van der Waals surface area contributed by atoms with E-state index in [1.807, 2.05) is 24.3 Å². The maximum absolute atomic E-state index is 5.71. The molecule has 0 unspecified atom stereocenters. The van der Waals surface area contributed by atoms with Crippen molar-refractivity contribution in [2.24, 2.45) is 5.84 Å². The highest BCUT2D eigenvalue weighted by atomic mass is 16.5. The van der Waals surface area contributed by atoms with E-state index in [1.54, 1.807) is 13.2 Å². The molecule has 106 valence electrons. The van der Waals surface area contributed by atoms with Gasteiger partial charge in [0.15, 0.2) is 0 Å². The molecule has 1 aromatic heterocycles. The normalized spacial score (nSPS) is 10.2. The van der Waals surface area contributed by atoms with E-state index in [1.165, 1.54) is 0 Å². The zero-order chi connectivity index (χ0) is 14.4. The first kappa shape index (κ1) is 14.1. The van der Waals surface area contributed by atoms with Gasteiger partial charge in [-0.05, 0) is 30.7 Å². The molecule has 0 aliphatic carbocycles. The van der Waals surface area contributed by atoms with E-state index in [-0.39, 0.29) is 0 Å². The Labute approximate surface area is 117 Å². The number of nitrogens with zero attached hydrogens (tertiary/aromatic N) is 2. The van der Waals surface area contributed by atoms with Crippen LogP contribution in [-0.2, 0) is 6.42 Å². The molecule has 20 heavy (non-hydrogen) atoms. The lowest BCUT2D eigenvalue weighted by Gasteiger charge is -2.09. The van der Waals surface area contributed by atoms with Crippen LogP contribution in [0.2, 0.25) is 0 Å². The standard InChI is InChI=1S/C14H18N4O2/c1-3-4-12-16-13(18-15)9-14(17-12)20-11-7-5-10(19-2)6-8-11/h5-9H,3-4,15H2,1-2H3,(H,16,17,18). The van der Waals surface area contributed by atoms with Crippen molar-refractivity contribution in [3.63, 3.8) is 0 Å². The van der Waals surface area contributed by atoms with Gasteiger partial charge in [-0.2, -0.15) is 4.98 Å². The number of benzene rings is 1. The minimum atomic E-state index is 0.460. The number of anilines is 1. The van der Waals surface area contributed by atoms with Crippen LogP contribution in [0.5, 0.6) is 17.4 Å². The van der Waals surface area contributed by atoms with E-state index in [9.17, 15) is 0 Å². The summed E-state index contributed by atoms with van der Waals surface area (Å²) < 4.78 is 10.8. The molecular weight excluding hydrogens is 256 g/mol. The number of methoxy groups -OCH3 is 1. The van der Waals surface area contributed by atoms with Gasteiger partial charge in [0.05, 0.1) is 7.11 Å². The summed E-state index contributed by atoms with van der Waals surface area (Å²) in [5.74, 6) is 8.55. The Hall–Kier alpha value is -2.34. The van der Waals surface area contributed by atoms with Crippen LogP contribution in [0, 0.1) is 0 Å².